The van der Waals surface area contributed by atoms with Crippen molar-refractivity contribution in [1.29, 1.82) is 10.8 Å². The first-order valence-electron chi connectivity index (χ1n) is 11.5. The zero-order valence-corrected chi connectivity index (χ0v) is 22.8. The standard InChI is InChI=1S/C10H12N2.C7H8FNO.C2H4N2.4C2H6/c1-9-3-5-10(6-4-9)12-8-2-7-11;1-10-7-3-2-5(9)4-6(7)8;3-1-2-4;4*1-2/h2-8H,11H2,1H3;2-4H,9H2,1H3;1-4H;4*1-2H3/b7-2-,12-8?;;;;;;. The molecule has 194 valence electrons. The van der Waals surface area contributed by atoms with E-state index in [9.17, 15) is 4.39 Å². The molecular weight excluding hydrogens is 429 g/mol. The van der Waals surface area contributed by atoms with E-state index in [1.165, 1.54) is 31.0 Å². The Labute approximate surface area is 208 Å². The van der Waals surface area contributed by atoms with Crippen LogP contribution in [0.2, 0.25) is 0 Å². The zero-order valence-electron chi connectivity index (χ0n) is 22.8. The first-order chi connectivity index (χ1) is 16.5. The summed E-state index contributed by atoms with van der Waals surface area (Å²) in [5.74, 6) is -0.211. The molecule has 0 atom stereocenters. The van der Waals surface area contributed by atoms with Crippen molar-refractivity contribution >= 4 is 30.0 Å². The van der Waals surface area contributed by atoms with E-state index in [0.717, 1.165) is 18.1 Å². The van der Waals surface area contributed by atoms with E-state index in [2.05, 4.69) is 9.73 Å². The summed E-state index contributed by atoms with van der Waals surface area (Å²) >= 11 is 0. The second kappa shape index (κ2) is 36.9. The highest BCUT2D eigenvalue weighted by Gasteiger charge is 1.99. The first-order valence-corrected chi connectivity index (χ1v) is 11.5. The maximum atomic E-state index is 12.6. The maximum absolute atomic E-state index is 12.6. The van der Waals surface area contributed by atoms with Crippen molar-refractivity contribution in [3.05, 3.63) is 66.1 Å². The lowest BCUT2D eigenvalue weighted by Crippen LogP contribution is -1.90. The Bertz CT molecular complexity index is 724. The molecule has 0 heterocycles. The van der Waals surface area contributed by atoms with Gasteiger partial charge in [-0.1, -0.05) is 73.1 Å². The molecule has 7 heteroatoms. The number of benzene rings is 2. The number of allylic oxidation sites excluding steroid dienone is 1. The smallest absolute Gasteiger partial charge is 0.167 e. The number of nitrogens with zero attached hydrogens (tertiary/aromatic N) is 1. The largest absolute Gasteiger partial charge is 0.494 e. The summed E-state index contributed by atoms with van der Waals surface area (Å²) < 4.78 is 17.3. The van der Waals surface area contributed by atoms with Gasteiger partial charge in [-0.25, -0.2) is 4.39 Å². The van der Waals surface area contributed by atoms with E-state index < -0.39 is 5.82 Å². The molecule has 0 aliphatic carbocycles. The van der Waals surface area contributed by atoms with Crippen LogP contribution in [0.5, 0.6) is 5.75 Å². The molecule has 6 nitrogen and oxygen atoms in total. The summed E-state index contributed by atoms with van der Waals surface area (Å²) in [5, 5.41) is 12.2. The fourth-order valence-electron chi connectivity index (χ4n) is 1.49. The number of nitrogen functional groups attached to an aromatic ring is 1. The minimum Gasteiger partial charge on any atom is -0.494 e. The average molecular weight is 478 g/mol. The van der Waals surface area contributed by atoms with Crippen LogP contribution in [-0.4, -0.2) is 25.8 Å². The van der Waals surface area contributed by atoms with E-state index in [1.807, 2.05) is 86.6 Å². The quantitative estimate of drug-likeness (QED) is 0.264. The number of nitrogens with two attached hydrogens (primary N) is 2. The lowest BCUT2D eigenvalue weighted by molar-refractivity contribution is 0.387. The highest BCUT2D eigenvalue weighted by Crippen LogP contribution is 2.18. The zero-order chi connectivity index (χ0) is 27.8. The van der Waals surface area contributed by atoms with E-state index >= 15 is 0 Å². The Hall–Kier alpha value is -3.48. The fourth-order valence-corrected chi connectivity index (χ4v) is 1.49. The summed E-state index contributed by atoms with van der Waals surface area (Å²) in [6, 6.07) is 12.3. The molecule has 0 saturated carbocycles. The van der Waals surface area contributed by atoms with Gasteiger partial charge in [-0.15, -0.1) is 0 Å². The molecule has 0 bridgehead atoms. The highest BCUT2D eigenvalue weighted by atomic mass is 19.1. The first kappa shape index (κ1) is 40.8. The topological polar surface area (TPSA) is 121 Å². The third-order valence-corrected chi connectivity index (χ3v) is 2.71. The van der Waals surface area contributed by atoms with Crippen molar-refractivity contribution in [3.63, 3.8) is 0 Å². The summed E-state index contributed by atoms with van der Waals surface area (Å²) in [6.45, 7) is 18.0. The van der Waals surface area contributed by atoms with Crippen molar-refractivity contribution < 1.29 is 9.13 Å². The molecular formula is C27H48FN5O. The number of rotatable bonds is 4. The lowest BCUT2D eigenvalue weighted by Gasteiger charge is -2.00. The number of aryl methyl sites for hydroxylation is 1. The number of hydrogen-bond donors (Lipinski definition) is 4. The summed E-state index contributed by atoms with van der Waals surface area (Å²) in [5.41, 5.74) is 13.0. The van der Waals surface area contributed by atoms with Gasteiger partial charge in [0, 0.05) is 30.4 Å². The van der Waals surface area contributed by atoms with Crippen LogP contribution >= 0.6 is 0 Å². The van der Waals surface area contributed by atoms with Crippen molar-refractivity contribution in [2.75, 3.05) is 12.8 Å². The third kappa shape index (κ3) is 28.5. The third-order valence-electron chi connectivity index (χ3n) is 2.71. The second-order valence-electron chi connectivity index (χ2n) is 4.73. The van der Waals surface area contributed by atoms with Crippen molar-refractivity contribution in [2.45, 2.75) is 62.3 Å². The van der Waals surface area contributed by atoms with Gasteiger partial charge in [-0.05, 0) is 43.5 Å². The second-order valence-corrected chi connectivity index (χ2v) is 4.73. The molecule has 0 aliphatic rings. The Morgan fingerprint density at radius 2 is 1.32 bits per heavy atom. The summed E-state index contributed by atoms with van der Waals surface area (Å²) in [7, 11) is 1.41. The molecule has 2 aromatic rings. The molecule has 6 N–H and O–H groups in total. The van der Waals surface area contributed by atoms with Gasteiger partial charge in [0.05, 0.1) is 12.8 Å². The number of ether oxygens (including phenoxy) is 1. The fraction of sp³-hybridized carbons (Fsp3) is 0.370. The van der Waals surface area contributed by atoms with Crippen LogP contribution in [0.1, 0.15) is 61.0 Å². The van der Waals surface area contributed by atoms with Gasteiger partial charge in [-0.2, -0.15) is 0 Å². The molecule has 0 aliphatic heterocycles. The Kier molecular flexibility index (Phi) is 44.3. The van der Waals surface area contributed by atoms with Gasteiger partial charge in [0.15, 0.2) is 11.6 Å². The van der Waals surface area contributed by atoms with Crippen LogP contribution in [0.4, 0.5) is 15.8 Å². The molecule has 0 amide bonds. The van der Waals surface area contributed by atoms with Crippen LogP contribution in [0.25, 0.3) is 0 Å². The van der Waals surface area contributed by atoms with Crippen LogP contribution in [0.3, 0.4) is 0 Å². The maximum Gasteiger partial charge on any atom is 0.167 e. The van der Waals surface area contributed by atoms with Crippen molar-refractivity contribution in [1.82, 2.24) is 0 Å². The molecule has 0 saturated heterocycles. The Morgan fingerprint density at radius 3 is 1.68 bits per heavy atom. The molecule has 0 fully saturated rings. The van der Waals surface area contributed by atoms with Gasteiger partial charge in [0.25, 0.3) is 0 Å². The lowest BCUT2D eigenvalue weighted by atomic mass is 10.2. The van der Waals surface area contributed by atoms with E-state index in [4.69, 9.17) is 22.3 Å². The minimum absolute atomic E-state index is 0.217. The number of nitrogens with one attached hydrogen (secondary N) is 2. The van der Waals surface area contributed by atoms with Crippen LogP contribution in [0, 0.1) is 23.6 Å². The predicted molar refractivity (Wildman–Crippen MR) is 153 cm³/mol. The van der Waals surface area contributed by atoms with Gasteiger partial charge < -0.3 is 27.0 Å². The molecule has 0 spiro atoms. The Balaban J connectivity index is -0.000000115. The number of hydrogen-bond acceptors (Lipinski definition) is 6. The minimum atomic E-state index is -0.428. The molecule has 0 unspecified atom stereocenters. The van der Waals surface area contributed by atoms with Crippen molar-refractivity contribution in [3.8, 4) is 5.75 Å². The molecule has 0 radical (unpaired) electrons. The average Bonchev–Trinajstić information content (AvgIpc) is 2.91. The van der Waals surface area contributed by atoms with E-state index in [0.29, 0.717) is 5.69 Å². The SMILES string of the molecule is CC.CC.CC.CC.COc1ccc(N)cc1F.Cc1ccc(N=C/C=C\N)cc1.N=CC=N. The van der Waals surface area contributed by atoms with Gasteiger partial charge in [0.1, 0.15) is 0 Å². The molecule has 2 aromatic carbocycles. The normalized spacial score (nSPS) is 8.09. The predicted octanol–water partition coefficient (Wildman–Crippen LogP) is 7.98. The molecule has 34 heavy (non-hydrogen) atoms. The highest BCUT2D eigenvalue weighted by molar-refractivity contribution is 6.12. The van der Waals surface area contributed by atoms with Crippen LogP contribution in [0.15, 0.2) is 59.7 Å². The van der Waals surface area contributed by atoms with Crippen LogP contribution in [-0.2, 0) is 0 Å². The number of anilines is 1. The molecule has 2 rings (SSSR count). The van der Waals surface area contributed by atoms with Gasteiger partial charge in [0.2, 0.25) is 0 Å². The van der Waals surface area contributed by atoms with Gasteiger partial charge in [-0.3, -0.25) is 4.99 Å². The summed E-state index contributed by atoms with van der Waals surface area (Å²) in [6.07, 6.45) is 6.65. The number of methoxy groups -OCH3 is 1. The Morgan fingerprint density at radius 1 is 0.853 bits per heavy atom. The van der Waals surface area contributed by atoms with E-state index in [1.54, 1.807) is 18.4 Å². The van der Waals surface area contributed by atoms with Crippen LogP contribution < -0.4 is 16.2 Å². The number of halogens is 1. The number of aliphatic imine (C=N–C) groups is 1. The monoisotopic (exact) mass is 477 g/mol. The van der Waals surface area contributed by atoms with E-state index in [-0.39, 0.29) is 5.75 Å². The molecule has 0 aromatic heterocycles. The van der Waals surface area contributed by atoms with Crippen molar-refractivity contribution in [2.24, 2.45) is 10.7 Å². The summed E-state index contributed by atoms with van der Waals surface area (Å²) in [4.78, 5) is 4.15. The van der Waals surface area contributed by atoms with Gasteiger partial charge >= 0.3 is 0 Å².